The molecule has 1 aromatic heterocycles. The van der Waals surface area contributed by atoms with Gasteiger partial charge in [0, 0.05) is 18.9 Å². The Hall–Kier alpha value is -2.35. The summed E-state index contributed by atoms with van der Waals surface area (Å²) in [6.45, 7) is 6.69. The van der Waals surface area contributed by atoms with Gasteiger partial charge in [0.25, 0.3) is 5.91 Å². The Bertz CT molecular complexity index is 679. The highest BCUT2D eigenvalue weighted by molar-refractivity contribution is 5.98. The molecule has 1 aliphatic rings. The van der Waals surface area contributed by atoms with Crippen LogP contribution in [-0.2, 0) is 14.3 Å². The van der Waals surface area contributed by atoms with E-state index in [2.05, 4.69) is 24.1 Å². The molecule has 1 aliphatic heterocycles. The lowest BCUT2D eigenvalue weighted by atomic mass is 9.91. The van der Waals surface area contributed by atoms with E-state index < -0.39 is 17.9 Å². The molecule has 1 fully saturated rings. The lowest BCUT2D eigenvalue weighted by Gasteiger charge is -2.24. The number of hydrogen-bond donors (Lipinski definition) is 2. The number of amides is 1. The predicted molar refractivity (Wildman–Crippen MR) is 102 cm³/mol. The van der Waals surface area contributed by atoms with Crippen molar-refractivity contribution in [1.29, 1.82) is 0 Å². The number of carbonyl (C=O) groups is 2. The number of methoxy groups -OCH3 is 1. The minimum Gasteiger partial charge on any atom is -0.503 e. The minimum atomic E-state index is -0.980. The third-order valence-electron chi connectivity index (χ3n) is 4.91. The van der Waals surface area contributed by atoms with Crippen LogP contribution in [0.5, 0.6) is 11.5 Å². The summed E-state index contributed by atoms with van der Waals surface area (Å²) >= 11 is 0. The summed E-state index contributed by atoms with van der Waals surface area (Å²) in [7, 11) is 1.37. The van der Waals surface area contributed by atoms with Gasteiger partial charge in [-0.25, -0.2) is 9.78 Å². The molecule has 156 valence electrons. The van der Waals surface area contributed by atoms with Gasteiger partial charge in [-0.1, -0.05) is 20.3 Å². The van der Waals surface area contributed by atoms with Crippen LogP contribution in [-0.4, -0.2) is 54.4 Å². The van der Waals surface area contributed by atoms with Gasteiger partial charge in [-0.3, -0.25) is 4.79 Å². The Kier molecular flexibility index (Phi) is 8.04. The lowest BCUT2D eigenvalue weighted by molar-refractivity contribution is -0.153. The van der Waals surface area contributed by atoms with E-state index >= 15 is 0 Å². The zero-order valence-electron chi connectivity index (χ0n) is 16.9. The Morgan fingerprint density at radius 3 is 2.89 bits per heavy atom. The van der Waals surface area contributed by atoms with Gasteiger partial charge in [-0.15, -0.1) is 0 Å². The molecule has 8 heteroatoms. The lowest BCUT2D eigenvalue weighted by Crippen LogP contribution is -2.46. The maximum atomic E-state index is 12.6. The fourth-order valence-corrected chi connectivity index (χ4v) is 3.12. The summed E-state index contributed by atoms with van der Waals surface area (Å²) in [5, 5.41) is 12.6. The number of aromatic nitrogens is 1. The molecular weight excluding hydrogens is 364 g/mol. The summed E-state index contributed by atoms with van der Waals surface area (Å²) in [5.74, 6) is -0.738. The summed E-state index contributed by atoms with van der Waals surface area (Å²) in [4.78, 5) is 28.9. The average Bonchev–Trinajstić information content (AvgIpc) is 2.71. The maximum absolute atomic E-state index is 12.6. The molecule has 0 bridgehead atoms. The van der Waals surface area contributed by atoms with Crippen LogP contribution in [0.2, 0.25) is 0 Å². The van der Waals surface area contributed by atoms with Crippen LogP contribution >= 0.6 is 0 Å². The first-order valence-electron chi connectivity index (χ1n) is 9.64. The normalized spacial score (nSPS) is 23.3. The van der Waals surface area contributed by atoms with Crippen molar-refractivity contribution < 1.29 is 28.9 Å². The highest BCUT2D eigenvalue weighted by atomic mass is 16.6. The van der Waals surface area contributed by atoms with Crippen molar-refractivity contribution in [3.63, 3.8) is 0 Å². The topological polar surface area (TPSA) is 107 Å². The summed E-state index contributed by atoms with van der Waals surface area (Å²) in [6, 6.07) is 0.453. The van der Waals surface area contributed by atoms with E-state index in [1.165, 1.54) is 19.4 Å². The molecule has 0 aromatic carbocycles. The second kappa shape index (κ2) is 10.3. The molecule has 0 aliphatic carbocycles. The molecule has 0 unspecified atom stereocenters. The zero-order chi connectivity index (χ0) is 20.7. The van der Waals surface area contributed by atoms with Crippen LogP contribution < -0.4 is 10.1 Å². The van der Waals surface area contributed by atoms with Gasteiger partial charge in [-0.2, -0.15) is 0 Å². The molecule has 0 saturated carbocycles. The van der Waals surface area contributed by atoms with Crippen LogP contribution in [0, 0.1) is 11.8 Å². The van der Waals surface area contributed by atoms with Gasteiger partial charge < -0.3 is 24.6 Å². The highest BCUT2D eigenvalue weighted by Crippen LogP contribution is 2.27. The van der Waals surface area contributed by atoms with E-state index in [0.29, 0.717) is 12.5 Å². The van der Waals surface area contributed by atoms with E-state index in [0.717, 1.165) is 19.3 Å². The zero-order valence-corrected chi connectivity index (χ0v) is 16.9. The van der Waals surface area contributed by atoms with Crippen LogP contribution in [0.15, 0.2) is 12.3 Å². The second-order valence-electron chi connectivity index (χ2n) is 7.47. The van der Waals surface area contributed by atoms with Crippen LogP contribution in [0.1, 0.15) is 50.5 Å². The smallest absolute Gasteiger partial charge is 0.331 e. The van der Waals surface area contributed by atoms with E-state index in [9.17, 15) is 14.7 Å². The SMILES string of the molecule is COc1ccnc(C(=O)N[C@H]2COCC[C@@H](CCC(C)C)[C@H](C)OC2=O)c1O. The van der Waals surface area contributed by atoms with Gasteiger partial charge in [0.15, 0.2) is 23.2 Å². The number of ether oxygens (including phenoxy) is 3. The molecule has 0 spiro atoms. The number of nitrogens with zero attached hydrogens (tertiary/aromatic N) is 1. The quantitative estimate of drug-likeness (QED) is 0.713. The Morgan fingerprint density at radius 1 is 1.46 bits per heavy atom. The molecule has 3 atom stereocenters. The molecule has 28 heavy (non-hydrogen) atoms. The van der Waals surface area contributed by atoms with Crippen molar-refractivity contribution >= 4 is 11.9 Å². The number of nitrogens with one attached hydrogen (secondary N) is 1. The van der Waals surface area contributed by atoms with Crippen LogP contribution in [0.25, 0.3) is 0 Å². The summed E-state index contributed by atoms with van der Waals surface area (Å²) < 4.78 is 16.2. The van der Waals surface area contributed by atoms with E-state index in [1.807, 2.05) is 6.92 Å². The minimum absolute atomic E-state index is 0.00107. The molecule has 1 saturated heterocycles. The van der Waals surface area contributed by atoms with Crippen molar-refractivity contribution in [3.8, 4) is 11.5 Å². The number of cyclic esters (lactones) is 1. The molecule has 2 rings (SSSR count). The number of rotatable bonds is 6. The largest absolute Gasteiger partial charge is 0.503 e. The molecule has 1 amide bonds. The van der Waals surface area contributed by atoms with Gasteiger partial charge in [-0.05, 0) is 31.6 Å². The number of hydrogen-bond acceptors (Lipinski definition) is 7. The highest BCUT2D eigenvalue weighted by Gasteiger charge is 2.31. The van der Waals surface area contributed by atoms with Gasteiger partial charge in [0.05, 0.1) is 13.7 Å². The average molecular weight is 394 g/mol. The first kappa shape index (κ1) is 21.9. The molecule has 2 N–H and O–H groups in total. The number of carbonyl (C=O) groups excluding carboxylic acids is 2. The van der Waals surface area contributed by atoms with E-state index in [1.54, 1.807) is 0 Å². The fraction of sp³-hybridized carbons (Fsp3) is 0.650. The third-order valence-corrected chi connectivity index (χ3v) is 4.91. The van der Waals surface area contributed by atoms with Crippen molar-refractivity contribution in [1.82, 2.24) is 10.3 Å². The molecular formula is C20H30N2O6. The molecule has 2 heterocycles. The molecule has 0 radical (unpaired) electrons. The van der Waals surface area contributed by atoms with Crippen LogP contribution in [0.4, 0.5) is 0 Å². The second-order valence-corrected chi connectivity index (χ2v) is 7.47. The van der Waals surface area contributed by atoms with Gasteiger partial charge in [0.2, 0.25) is 0 Å². The summed E-state index contributed by atoms with van der Waals surface area (Å²) in [6.07, 6.45) is 3.87. The van der Waals surface area contributed by atoms with Crippen molar-refractivity contribution in [2.24, 2.45) is 11.8 Å². The van der Waals surface area contributed by atoms with E-state index in [4.69, 9.17) is 14.2 Å². The Labute approximate surface area is 165 Å². The van der Waals surface area contributed by atoms with Gasteiger partial charge >= 0.3 is 5.97 Å². The fourth-order valence-electron chi connectivity index (χ4n) is 3.12. The third kappa shape index (κ3) is 5.82. The molecule has 8 nitrogen and oxygen atoms in total. The van der Waals surface area contributed by atoms with Crippen molar-refractivity contribution in [2.75, 3.05) is 20.3 Å². The maximum Gasteiger partial charge on any atom is 0.331 e. The summed E-state index contributed by atoms with van der Waals surface area (Å²) in [5.41, 5.74) is -0.227. The number of esters is 1. The monoisotopic (exact) mass is 394 g/mol. The molecule has 1 aromatic rings. The van der Waals surface area contributed by atoms with Crippen molar-refractivity contribution in [2.45, 2.75) is 52.2 Å². The van der Waals surface area contributed by atoms with Crippen molar-refractivity contribution in [3.05, 3.63) is 18.0 Å². The first-order valence-corrected chi connectivity index (χ1v) is 9.64. The van der Waals surface area contributed by atoms with Crippen LogP contribution in [0.3, 0.4) is 0 Å². The number of pyridine rings is 1. The first-order chi connectivity index (χ1) is 13.3. The van der Waals surface area contributed by atoms with Gasteiger partial charge in [0.1, 0.15) is 6.10 Å². The number of aromatic hydroxyl groups is 1. The Balaban J connectivity index is 2.06. The van der Waals surface area contributed by atoms with E-state index in [-0.39, 0.29) is 35.8 Å². The Morgan fingerprint density at radius 2 is 2.21 bits per heavy atom. The standard InChI is InChI=1S/C20H30N2O6/c1-12(2)5-6-14-8-10-27-11-15(20(25)28-13(14)3)22-19(24)17-18(23)16(26-4)7-9-21-17/h7,9,12-15,23H,5-6,8,10-11H2,1-4H3,(H,22,24)/t13-,14+,15-/m0/s1. The predicted octanol–water partition coefficient (Wildman–Crippen LogP) is 2.30.